The smallest absolute Gasteiger partial charge is 0.277 e. The first-order valence-electron chi connectivity index (χ1n) is 2.54. The summed E-state index contributed by atoms with van der Waals surface area (Å²) in [4.78, 5) is 14.4. The Labute approximate surface area is 70.4 Å². The fourth-order valence-electron chi connectivity index (χ4n) is 0.483. The fourth-order valence-corrected chi connectivity index (χ4v) is 1.68. The van der Waals surface area contributed by atoms with E-state index < -0.39 is 5.91 Å². The van der Waals surface area contributed by atoms with Crippen molar-refractivity contribution in [2.24, 2.45) is 5.73 Å². The maximum atomic E-state index is 10.5. The number of halogens is 1. The van der Waals surface area contributed by atoms with Gasteiger partial charge in [-0.15, -0.1) is 11.3 Å². The number of carbonyl (C=O) groups excluding carboxylic acids is 1. The lowest BCUT2D eigenvalue weighted by Crippen LogP contribution is -2.10. The molecule has 0 aliphatic rings. The SMILES string of the molecule is Cc1nc(C(N)=O)sc1Br. The van der Waals surface area contributed by atoms with Gasteiger partial charge in [-0.2, -0.15) is 0 Å². The molecule has 0 fully saturated rings. The summed E-state index contributed by atoms with van der Waals surface area (Å²) < 4.78 is 0.862. The minimum Gasteiger partial charge on any atom is -0.364 e. The molecule has 0 spiro atoms. The van der Waals surface area contributed by atoms with Crippen LogP contribution in [0.2, 0.25) is 0 Å². The molecule has 1 aromatic heterocycles. The van der Waals surface area contributed by atoms with E-state index in [0.717, 1.165) is 9.48 Å². The lowest BCUT2D eigenvalue weighted by atomic mass is 10.6. The zero-order valence-corrected chi connectivity index (χ0v) is 7.62. The van der Waals surface area contributed by atoms with Gasteiger partial charge in [0.05, 0.1) is 9.48 Å². The van der Waals surface area contributed by atoms with E-state index in [9.17, 15) is 4.79 Å². The highest BCUT2D eigenvalue weighted by Crippen LogP contribution is 2.23. The van der Waals surface area contributed by atoms with Gasteiger partial charge in [-0.3, -0.25) is 4.79 Å². The van der Waals surface area contributed by atoms with Gasteiger partial charge in [0.1, 0.15) is 0 Å². The first kappa shape index (κ1) is 7.68. The maximum absolute atomic E-state index is 10.5. The first-order valence-corrected chi connectivity index (χ1v) is 4.15. The quantitative estimate of drug-likeness (QED) is 0.777. The molecule has 1 heterocycles. The van der Waals surface area contributed by atoms with Crippen LogP contribution in [0.5, 0.6) is 0 Å². The average molecular weight is 221 g/mol. The van der Waals surface area contributed by atoms with Crippen molar-refractivity contribution in [2.45, 2.75) is 6.92 Å². The molecule has 0 saturated carbocycles. The third kappa shape index (κ3) is 1.35. The summed E-state index contributed by atoms with van der Waals surface area (Å²) in [6.45, 7) is 1.81. The minimum absolute atomic E-state index is 0.351. The number of hydrogen-bond acceptors (Lipinski definition) is 3. The maximum Gasteiger partial charge on any atom is 0.277 e. The van der Waals surface area contributed by atoms with Crippen molar-refractivity contribution in [3.05, 3.63) is 14.5 Å². The minimum atomic E-state index is -0.473. The standard InChI is InChI=1S/C5H5BrN2OS/c1-2-3(6)10-5(8-2)4(7)9/h1H3,(H2,7,9). The topological polar surface area (TPSA) is 56.0 Å². The number of carbonyl (C=O) groups is 1. The molecule has 1 amide bonds. The normalized spacial score (nSPS) is 9.80. The molecule has 0 radical (unpaired) electrons. The molecule has 0 aliphatic heterocycles. The van der Waals surface area contributed by atoms with E-state index >= 15 is 0 Å². The summed E-state index contributed by atoms with van der Waals surface area (Å²) in [6, 6.07) is 0. The number of aryl methyl sites for hydroxylation is 1. The second-order valence-corrected chi connectivity index (χ2v) is 4.06. The van der Waals surface area contributed by atoms with Crippen LogP contribution in [-0.4, -0.2) is 10.9 Å². The van der Waals surface area contributed by atoms with Crippen molar-refractivity contribution < 1.29 is 4.79 Å². The van der Waals surface area contributed by atoms with Crippen LogP contribution in [0.25, 0.3) is 0 Å². The zero-order valence-electron chi connectivity index (χ0n) is 5.22. The summed E-state index contributed by atoms with van der Waals surface area (Å²) >= 11 is 4.49. The molecule has 1 aromatic rings. The van der Waals surface area contributed by atoms with Crippen LogP contribution in [0.4, 0.5) is 0 Å². The second-order valence-electron chi connectivity index (χ2n) is 1.74. The first-order chi connectivity index (χ1) is 4.61. The van der Waals surface area contributed by atoms with Gasteiger partial charge in [-0.1, -0.05) is 0 Å². The Hall–Kier alpha value is -0.420. The molecule has 5 heteroatoms. The van der Waals surface area contributed by atoms with Crippen LogP contribution in [0.1, 0.15) is 15.5 Å². The van der Waals surface area contributed by atoms with Crippen LogP contribution >= 0.6 is 27.3 Å². The summed E-state index contributed by atoms with van der Waals surface area (Å²) in [5.74, 6) is -0.473. The molecule has 0 bridgehead atoms. The Morgan fingerprint density at radius 2 is 2.40 bits per heavy atom. The molecule has 54 valence electrons. The Morgan fingerprint density at radius 1 is 1.80 bits per heavy atom. The Balaban J connectivity index is 3.10. The monoisotopic (exact) mass is 220 g/mol. The van der Waals surface area contributed by atoms with E-state index in [1.807, 2.05) is 6.92 Å². The number of nitrogens with two attached hydrogens (primary N) is 1. The van der Waals surface area contributed by atoms with Crippen LogP contribution in [0.15, 0.2) is 3.79 Å². The number of primary amides is 1. The van der Waals surface area contributed by atoms with E-state index in [0.29, 0.717) is 5.01 Å². The molecule has 0 aromatic carbocycles. The van der Waals surface area contributed by atoms with Crippen molar-refractivity contribution in [3.63, 3.8) is 0 Å². The average Bonchev–Trinajstić information content (AvgIpc) is 2.13. The molecule has 0 unspecified atom stereocenters. The number of hydrogen-bond donors (Lipinski definition) is 1. The van der Waals surface area contributed by atoms with Gasteiger partial charge in [0.2, 0.25) is 0 Å². The van der Waals surface area contributed by atoms with Crippen molar-refractivity contribution in [2.75, 3.05) is 0 Å². The highest BCUT2D eigenvalue weighted by Gasteiger charge is 2.08. The summed E-state index contributed by atoms with van der Waals surface area (Å²) in [6.07, 6.45) is 0. The molecular formula is C5H5BrN2OS. The molecule has 1 rings (SSSR count). The van der Waals surface area contributed by atoms with Crippen LogP contribution in [-0.2, 0) is 0 Å². The van der Waals surface area contributed by atoms with Gasteiger partial charge in [0.15, 0.2) is 5.01 Å². The van der Waals surface area contributed by atoms with Crippen molar-refractivity contribution in [3.8, 4) is 0 Å². The molecule has 10 heavy (non-hydrogen) atoms. The fraction of sp³-hybridized carbons (Fsp3) is 0.200. The predicted octanol–water partition coefficient (Wildman–Crippen LogP) is 1.31. The third-order valence-corrected chi connectivity index (χ3v) is 2.97. The summed E-state index contributed by atoms with van der Waals surface area (Å²) in [7, 11) is 0. The van der Waals surface area contributed by atoms with Gasteiger partial charge >= 0.3 is 0 Å². The number of rotatable bonds is 1. The van der Waals surface area contributed by atoms with Crippen LogP contribution < -0.4 is 5.73 Å². The molecule has 0 aliphatic carbocycles. The molecule has 3 nitrogen and oxygen atoms in total. The summed E-state index contributed by atoms with van der Waals surface area (Å²) in [5, 5.41) is 0.351. The lowest BCUT2D eigenvalue weighted by Gasteiger charge is -1.80. The number of thiazole rings is 1. The number of aromatic nitrogens is 1. The molecule has 0 atom stereocenters. The van der Waals surface area contributed by atoms with Crippen LogP contribution in [0.3, 0.4) is 0 Å². The predicted molar refractivity (Wildman–Crippen MR) is 43.1 cm³/mol. The van der Waals surface area contributed by atoms with Crippen molar-refractivity contribution in [1.82, 2.24) is 4.98 Å². The van der Waals surface area contributed by atoms with Gasteiger partial charge in [0, 0.05) is 0 Å². The Bertz CT molecular complexity index is 251. The van der Waals surface area contributed by atoms with E-state index in [4.69, 9.17) is 5.73 Å². The number of amides is 1. The van der Waals surface area contributed by atoms with Gasteiger partial charge in [-0.25, -0.2) is 4.98 Å². The lowest BCUT2D eigenvalue weighted by molar-refractivity contribution is 0.1000. The second kappa shape index (κ2) is 2.67. The molecular weight excluding hydrogens is 216 g/mol. The van der Waals surface area contributed by atoms with Gasteiger partial charge < -0.3 is 5.73 Å². The van der Waals surface area contributed by atoms with Crippen molar-refractivity contribution in [1.29, 1.82) is 0 Å². The summed E-state index contributed by atoms with van der Waals surface area (Å²) in [5.41, 5.74) is 5.79. The highest BCUT2D eigenvalue weighted by atomic mass is 79.9. The van der Waals surface area contributed by atoms with E-state index in [1.165, 1.54) is 11.3 Å². The van der Waals surface area contributed by atoms with Gasteiger partial charge in [0.25, 0.3) is 5.91 Å². The highest BCUT2D eigenvalue weighted by molar-refractivity contribution is 9.11. The van der Waals surface area contributed by atoms with E-state index in [1.54, 1.807) is 0 Å². The number of nitrogens with zero attached hydrogens (tertiary/aromatic N) is 1. The third-order valence-electron chi connectivity index (χ3n) is 0.951. The Morgan fingerprint density at radius 3 is 2.60 bits per heavy atom. The largest absolute Gasteiger partial charge is 0.364 e. The van der Waals surface area contributed by atoms with E-state index in [-0.39, 0.29) is 0 Å². The van der Waals surface area contributed by atoms with Crippen LogP contribution in [0, 0.1) is 6.92 Å². The molecule has 0 saturated heterocycles. The zero-order chi connectivity index (χ0) is 7.72. The van der Waals surface area contributed by atoms with E-state index in [2.05, 4.69) is 20.9 Å². The van der Waals surface area contributed by atoms with Crippen molar-refractivity contribution >= 4 is 33.2 Å². The Kier molecular flexibility index (Phi) is 2.05. The van der Waals surface area contributed by atoms with Gasteiger partial charge in [-0.05, 0) is 22.9 Å². The molecule has 2 N–H and O–H groups in total.